The second-order valence-corrected chi connectivity index (χ2v) is 7.49. The summed E-state index contributed by atoms with van der Waals surface area (Å²) in [7, 11) is 1.74. The zero-order valence-electron chi connectivity index (χ0n) is 13.6. The van der Waals surface area contributed by atoms with E-state index in [0.29, 0.717) is 29.2 Å². The first kappa shape index (κ1) is 15.6. The molecule has 1 atom stereocenters. The Labute approximate surface area is 146 Å². The standard InChI is InChI=1S/C17H17BrFN3O2/c1-8(2)4-9-7-24-16-13-11(5-10(19)14(16)18)20-6-12-15(13)22(9)17(23)21(12)3/h5-6,8-9H,4,7H2,1-3H3/t9-/m1/s1. The van der Waals surface area contributed by atoms with E-state index in [0.717, 1.165) is 17.5 Å². The van der Waals surface area contributed by atoms with Gasteiger partial charge in [0.15, 0.2) is 0 Å². The Kier molecular flexibility index (Phi) is 3.46. The Balaban J connectivity index is 2.19. The van der Waals surface area contributed by atoms with Gasteiger partial charge in [-0.2, -0.15) is 0 Å². The van der Waals surface area contributed by atoms with Gasteiger partial charge in [0, 0.05) is 13.1 Å². The number of ether oxygens (including phenoxy) is 1. The third-order valence-electron chi connectivity index (χ3n) is 4.58. The van der Waals surface area contributed by atoms with E-state index in [4.69, 9.17) is 4.74 Å². The van der Waals surface area contributed by atoms with E-state index in [1.807, 2.05) is 0 Å². The summed E-state index contributed by atoms with van der Waals surface area (Å²) < 4.78 is 23.8. The molecule has 7 heteroatoms. The number of pyridine rings is 1. The largest absolute Gasteiger partial charge is 0.489 e. The molecule has 2 aromatic heterocycles. The fourth-order valence-electron chi connectivity index (χ4n) is 3.54. The number of nitrogens with zero attached hydrogens (tertiary/aromatic N) is 3. The molecule has 0 fully saturated rings. The van der Waals surface area contributed by atoms with Crippen molar-refractivity contribution in [1.82, 2.24) is 14.1 Å². The molecule has 0 spiro atoms. The molecule has 0 saturated carbocycles. The second-order valence-electron chi connectivity index (χ2n) is 6.69. The van der Waals surface area contributed by atoms with E-state index in [1.54, 1.807) is 22.4 Å². The molecule has 0 N–H and O–H groups in total. The van der Waals surface area contributed by atoms with Crippen LogP contribution in [-0.4, -0.2) is 20.7 Å². The lowest BCUT2D eigenvalue weighted by molar-refractivity contribution is 0.232. The maximum Gasteiger partial charge on any atom is 0.329 e. The highest BCUT2D eigenvalue weighted by molar-refractivity contribution is 9.10. The molecule has 0 saturated heterocycles. The summed E-state index contributed by atoms with van der Waals surface area (Å²) in [6.45, 7) is 4.55. The first-order chi connectivity index (χ1) is 11.4. The quantitative estimate of drug-likeness (QED) is 0.665. The van der Waals surface area contributed by atoms with Crippen LogP contribution in [0.2, 0.25) is 0 Å². The minimum absolute atomic E-state index is 0.0955. The molecule has 0 radical (unpaired) electrons. The maximum absolute atomic E-state index is 14.2. The number of hydrogen-bond acceptors (Lipinski definition) is 3. The zero-order chi connectivity index (χ0) is 17.2. The first-order valence-electron chi connectivity index (χ1n) is 7.90. The van der Waals surface area contributed by atoms with Crippen LogP contribution >= 0.6 is 15.9 Å². The van der Waals surface area contributed by atoms with Gasteiger partial charge < -0.3 is 4.74 Å². The van der Waals surface area contributed by atoms with Gasteiger partial charge in [-0.15, -0.1) is 0 Å². The van der Waals surface area contributed by atoms with Crippen LogP contribution in [0, 0.1) is 11.7 Å². The number of benzene rings is 1. The summed E-state index contributed by atoms with van der Waals surface area (Å²) in [5.41, 5.74) is 1.89. The molecule has 0 aliphatic carbocycles. The van der Waals surface area contributed by atoms with Gasteiger partial charge in [-0.05, 0) is 28.3 Å². The van der Waals surface area contributed by atoms with Crippen LogP contribution < -0.4 is 10.4 Å². The lowest BCUT2D eigenvalue weighted by Crippen LogP contribution is -2.29. The average Bonchev–Trinajstić information content (AvgIpc) is 2.67. The van der Waals surface area contributed by atoms with Crippen LogP contribution in [-0.2, 0) is 7.05 Å². The predicted molar refractivity (Wildman–Crippen MR) is 94.1 cm³/mol. The summed E-state index contributed by atoms with van der Waals surface area (Å²) >= 11 is 3.29. The van der Waals surface area contributed by atoms with Gasteiger partial charge in [-0.3, -0.25) is 14.1 Å². The van der Waals surface area contributed by atoms with Crippen molar-refractivity contribution in [3.63, 3.8) is 0 Å². The summed E-state index contributed by atoms with van der Waals surface area (Å²) in [5.74, 6) is 0.407. The van der Waals surface area contributed by atoms with E-state index in [-0.39, 0.29) is 16.2 Å². The predicted octanol–water partition coefficient (Wildman–Crippen LogP) is 3.77. The monoisotopic (exact) mass is 393 g/mol. The summed E-state index contributed by atoms with van der Waals surface area (Å²) in [5, 5.41) is 0.685. The number of halogens is 2. The van der Waals surface area contributed by atoms with Crippen molar-refractivity contribution in [2.24, 2.45) is 13.0 Å². The van der Waals surface area contributed by atoms with Crippen molar-refractivity contribution >= 4 is 37.9 Å². The number of aromatic nitrogens is 3. The number of rotatable bonds is 2. The molecule has 1 aliphatic rings. The fraction of sp³-hybridized carbons (Fsp3) is 0.412. The van der Waals surface area contributed by atoms with E-state index in [1.165, 1.54) is 6.07 Å². The minimum Gasteiger partial charge on any atom is -0.489 e. The normalized spacial score (nSPS) is 17.0. The molecule has 3 aromatic rings. The van der Waals surface area contributed by atoms with Gasteiger partial charge in [0.05, 0.1) is 38.6 Å². The van der Waals surface area contributed by atoms with Crippen LogP contribution in [0.3, 0.4) is 0 Å². The highest BCUT2D eigenvalue weighted by atomic mass is 79.9. The van der Waals surface area contributed by atoms with Crippen LogP contribution in [0.1, 0.15) is 26.3 Å². The zero-order valence-corrected chi connectivity index (χ0v) is 15.2. The Hall–Kier alpha value is -1.89. The highest BCUT2D eigenvalue weighted by Crippen LogP contribution is 2.42. The molecular weight excluding hydrogens is 377 g/mol. The molecule has 0 bridgehead atoms. The lowest BCUT2D eigenvalue weighted by Gasteiger charge is -2.19. The highest BCUT2D eigenvalue weighted by Gasteiger charge is 2.29. The van der Waals surface area contributed by atoms with Crippen molar-refractivity contribution in [3.05, 3.63) is 33.0 Å². The van der Waals surface area contributed by atoms with Crippen LogP contribution in [0.5, 0.6) is 5.75 Å². The summed E-state index contributed by atoms with van der Waals surface area (Å²) in [4.78, 5) is 17.2. The molecule has 1 aliphatic heterocycles. The van der Waals surface area contributed by atoms with Crippen molar-refractivity contribution in [1.29, 1.82) is 0 Å². The molecule has 24 heavy (non-hydrogen) atoms. The lowest BCUT2D eigenvalue weighted by atomic mass is 10.0. The molecule has 1 aromatic carbocycles. The van der Waals surface area contributed by atoms with Crippen molar-refractivity contribution in [2.75, 3.05) is 6.61 Å². The molecule has 4 rings (SSSR count). The maximum atomic E-state index is 14.2. The van der Waals surface area contributed by atoms with Gasteiger partial charge >= 0.3 is 5.69 Å². The van der Waals surface area contributed by atoms with Crippen molar-refractivity contribution < 1.29 is 9.13 Å². The van der Waals surface area contributed by atoms with Crippen LogP contribution in [0.15, 0.2) is 21.5 Å². The van der Waals surface area contributed by atoms with Crippen molar-refractivity contribution in [3.8, 4) is 5.75 Å². The Morgan fingerprint density at radius 1 is 1.50 bits per heavy atom. The fourth-order valence-corrected chi connectivity index (χ4v) is 3.96. The van der Waals surface area contributed by atoms with Crippen molar-refractivity contribution in [2.45, 2.75) is 26.3 Å². The van der Waals surface area contributed by atoms with Gasteiger partial charge in [-0.1, -0.05) is 13.8 Å². The molecule has 5 nitrogen and oxygen atoms in total. The molecule has 3 heterocycles. The summed E-state index contributed by atoms with van der Waals surface area (Å²) in [6, 6.07) is 1.27. The molecule has 0 unspecified atom stereocenters. The Morgan fingerprint density at radius 2 is 2.25 bits per heavy atom. The molecule has 126 valence electrons. The topological polar surface area (TPSA) is 49.1 Å². The smallest absolute Gasteiger partial charge is 0.329 e. The van der Waals surface area contributed by atoms with Gasteiger partial charge in [0.1, 0.15) is 18.2 Å². The van der Waals surface area contributed by atoms with E-state index >= 15 is 0 Å². The second kappa shape index (κ2) is 5.31. The van der Waals surface area contributed by atoms with Crippen LogP contribution in [0.25, 0.3) is 21.9 Å². The number of imidazole rings is 1. The summed E-state index contributed by atoms with van der Waals surface area (Å²) in [6.07, 6.45) is 2.43. The van der Waals surface area contributed by atoms with E-state index < -0.39 is 5.82 Å². The van der Waals surface area contributed by atoms with E-state index in [2.05, 4.69) is 34.8 Å². The molecular formula is C17H17BrFN3O2. The van der Waals surface area contributed by atoms with E-state index in [9.17, 15) is 9.18 Å². The third-order valence-corrected chi connectivity index (χ3v) is 5.32. The molecule has 0 amide bonds. The minimum atomic E-state index is -0.420. The first-order valence-corrected chi connectivity index (χ1v) is 8.70. The number of aryl methyl sites for hydroxylation is 1. The van der Waals surface area contributed by atoms with Gasteiger partial charge in [0.25, 0.3) is 0 Å². The third kappa shape index (κ3) is 2.03. The Bertz CT molecular complexity index is 1040. The van der Waals surface area contributed by atoms with Gasteiger partial charge in [0.2, 0.25) is 0 Å². The van der Waals surface area contributed by atoms with Gasteiger partial charge in [-0.25, -0.2) is 9.18 Å². The Morgan fingerprint density at radius 3 is 2.96 bits per heavy atom. The number of hydrogen-bond donors (Lipinski definition) is 0. The average molecular weight is 394 g/mol. The van der Waals surface area contributed by atoms with Crippen LogP contribution in [0.4, 0.5) is 4.39 Å². The SMILES string of the molecule is CC(C)C[C@@H]1COc2c(Br)c(F)cc3ncc4c(c23)n1c(=O)n4C.